The van der Waals surface area contributed by atoms with Gasteiger partial charge in [-0.2, -0.15) is 5.26 Å². The number of halogens is 6. The highest BCUT2D eigenvalue weighted by atomic mass is 19.2. The third-order valence-corrected chi connectivity index (χ3v) is 5.34. The van der Waals surface area contributed by atoms with Crippen LogP contribution >= 0.6 is 0 Å². The third kappa shape index (κ3) is 4.98. The maximum Gasteiger partial charge on any atom is 0.144 e. The first-order valence-corrected chi connectivity index (χ1v) is 10.2. The molecule has 8 heteroatoms. The van der Waals surface area contributed by atoms with E-state index in [1.165, 1.54) is 6.07 Å². The van der Waals surface area contributed by atoms with Crippen LogP contribution in [0.2, 0.25) is 0 Å². The Balaban J connectivity index is 2.00. The molecule has 172 valence electrons. The molecule has 33 heavy (non-hydrogen) atoms. The lowest BCUT2D eigenvalue weighted by Crippen LogP contribution is -2.05. The Bertz CT molecular complexity index is 1200. The molecule has 0 aromatic heterocycles. The van der Waals surface area contributed by atoms with Gasteiger partial charge in [-0.1, -0.05) is 13.3 Å². The minimum atomic E-state index is -1.37. The minimum absolute atomic E-state index is 0.0232. The molecule has 0 spiro atoms. The topological polar surface area (TPSA) is 44.0 Å². The molecule has 0 amide bonds. The van der Waals surface area contributed by atoms with E-state index in [-0.39, 0.29) is 12.0 Å². The summed E-state index contributed by atoms with van der Waals surface area (Å²) in [5, 5.41) is 18.8. The number of rotatable bonds is 7. The fraction of sp³-hybridized carbons (Fsp3) is 0.240. The van der Waals surface area contributed by atoms with Crippen molar-refractivity contribution in [2.75, 3.05) is 0 Å². The zero-order valence-corrected chi connectivity index (χ0v) is 17.6. The van der Waals surface area contributed by atoms with Gasteiger partial charge in [0.15, 0.2) is 0 Å². The van der Waals surface area contributed by atoms with Gasteiger partial charge in [0.05, 0.1) is 11.1 Å². The van der Waals surface area contributed by atoms with Gasteiger partial charge in [-0.25, -0.2) is 26.3 Å². The highest BCUT2D eigenvalue weighted by molar-refractivity contribution is 5.73. The summed E-state index contributed by atoms with van der Waals surface area (Å²) in [5.41, 5.74) is -2.67. The number of hydrogen-bond acceptors (Lipinski definition) is 2. The van der Waals surface area contributed by atoms with E-state index >= 15 is 4.39 Å². The van der Waals surface area contributed by atoms with Crippen molar-refractivity contribution in [2.24, 2.45) is 0 Å². The van der Waals surface area contributed by atoms with E-state index in [0.29, 0.717) is 24.5 Å². The summed E-state index contributed by atoms with van der Waals surface area (Å²) >= 11 is 0. The van der Waals surface area contributed by atoms with Gasteiger partial charge in [-0.15, -0.1) is 0 Å². The van der Waals surface area contributed by atoms with Gasteiger partial charge in [-0.05, 0) is 61.1 Å². The van der Waals surface area contributed by atoms with Gasteiger partial charge in [0.1, 0.15) is 52.3 Å². The van der Waals surface area contributed by atoms with Crippen LogP contribution in [0.15, 0.2) is 30.3 Å². The van der Waals surface area contributed by atoms with E-state index in [2.05, 4.69) is 0 Å². The lowest BCUT2D eigenvalue weighted by molar-refractivity contribution is 0.457. The van der Waals surface area contributed by atoms with E-state index in [1.54, 1.807) is 0 Å². The van der Waals surface area contributed by atoms with Gasteiger partial charge in [0, 0.05) is 11.6 Å². The highest BCUT2D eigenvalue weighted by Crippen LogP contribution is 2.39. The third-order valence-electron chi connectivity index (χ3n) is 5.34. The van der Waals surface area contributed by atoms with Crippen LogP contribution in [0.4, 0.5) is 26.3 Å². The largest absolute Gasteiger partial charge is 0.507 e. The Hall–Kier alpha value is -3.47. The van der Waals surface area contributed by atoms with Gasteiger partial charge < -0.3 is 5.11 Å². The summed E-state index contributed by atoms with van der Waals surface area (Å²) in [5.74, 6) is -7.99. The average Bonchev–Trinajstić information content (AvgIpc) is 2.73. The molecular weight excluding hydrogens is 444 g/mol. The SMILES string of the molecule is CCCCc1cc(F)c(-c2c(O)cc(F)c(CCc3cc(F)c(C#N)c(F)c3)c2F)c(F)c1. The zero-order valence-electron chi connectivity index (χ0n) is 17.6. The average molecular weight is 463 g/mol. The van der Waals surface area contributed by atoms with Gasteiger partial charge in [-0.3, -0.25) is 0 Å². The van der Waals surface area contributed by atoms with Crippen LogP contribution in [0.1, 0.15) is 42.0 Å². The zero-order chi connectivity index (χ0) is 24.3. The number of aromatic hydroxyl groups is 1. The van der Waals surface area contributed by atoms with E-state index < -0.39 is 69.3 Å². The first-order chi connectivity index (χ1) is 15.7. The molecule has 0 aliphatic carbocycles. The number of benzene rings is 3. The summed E-state index contributed by atoms with van der Waals surface area (Å²) in [7, 11) is 0. The highest BCUT2D eigenvalue weighted by Gasteiger charge is 2.25. The number of phenols is 1. The molecule has 0 unspecified atom stereocenters. The Morgan fingerprint density at radius 2 is 1.27 bits per heavy atom. The lowest BCUT2D eigenvalue weighted by Gasteiger charge is -2.15. The first kappa shape index (κ1) is 24.2. The van der Waals surface area contributed by atoms with Crippen molar-refractivity contribution in [3.8, 4) is 22.9 Å². The number of unbranched alkanes of at least 4 members (excludes halogenated alkanes) is 1. The van der Waals surface area contributed by atoms with E-state index in [9.17, 15) is 27.1 Å². The van der Waals surface area contributed by atoms with Gasteiger partial charge >= 0.3 is 0 Å². The van der Waals surface area contributed by atoms with Crippen LogP contribution < -0.4 is 0 Å². The van der Waals surface area contributed by atoms with Crippen molar-refractivity contribution in [1.29, 1.82) is 5.26 Å². The minimum Gasteiger partial charge on any atom is -0.507 e. The summed E-state index contributed by atoms with van der Waals surface area (Å²) in [6, 6.07) is 5.73. The molecule has 3 aromatic carbocycles. The summed E-state index contributed by atoms with van der Waals surface area (Å²) in [4.78, 5) is 0. The maximum absolute atomic E-state index is 15.2. The van der Waals surface area contributed by atoms with Crippen LogP contribution in [0.5, 0.6) is 5.75 Å². The molecular formula is C25H19F6NO. The predicted molar refractivity (Wildman–Crippen MR) is 110 cm³/mol. The number of nitriles is 1. The van der Waals surface area contributed by atoms with Crippen molar-refractivity contribution < 1.29 is 31.4 Å². The Morgan fingerprint density at radius 1 is 0.727 bits per heavy atom. The van der Waals surface area contributed by atoms with E-state index in [1.807, 2.05) is 6.92 Å². The quantitative estimate of drug-likeness (QED) is 0.388. The number of nitrogens with zero attached hydrogens (tertiary/aromatic N) is 1. The van der Waals surface area contributed by atoms with Gasteiger partial charge in [0.2, 0.25) is 0 Å². The van der Waals surface area contributed by atoms with E-state index in [4.69, 9.17) is 5.26 Å². The second-order valence-electron chi connectivity index (χ2n) is 7.63. The predicted octanol–water partition coefficient (Wildman–Crippen LogP) is 6.89. The van der Waals surface area contributed by atoms with Crippen LogP contribution in [0.25, 0.3) is 11.1 Å². The molecule has 0 aliphatic heterocycles. The second kappa shape index (κ2) is 9.99. The fourth-order valence-corrected chi connectivity index (χ4v) is 3.65. The molecule has 0 bridgehead atoms. The summed E-state index contributed by atoms with van der Waals surface area (Å²) in [6.07, 6.45) is 1.24. The molecule has 3 aromatic rings. The molecule has 0 heterocycles. The van der Waals surface area contributed by atoms with Crippen LogP contribution in [-0.4, -0.2) is 5.11 Å². The molecule has 0 aliphatic rings. The Labute approximate surface area is 186 Å². The Morgan fingerprint density at radius 3 is 1.82 bits per heavy atom. The molecule has 0 atom stereocenters. The van der Waals surface area contributed by atoms with Crippen molar-refractivity contribution in [3.63, 3.8) is 0 Å². The Kier molecular flexibility index (Phi) is 7.32. The van der Waals surface area contributed by atoms with Crippen molar-refractivity contribution in [1.82, 2.24) is 0 Å². The molecule has 2 nitrogen and oxygen atoms in total. The summed E-state index contributed by atoms with van der Waals surface area (Å²) < 4.78 is 86.6. The molecule has 1 N–H and O–H groups in total. The smallest absolute Gasteiger partial charge is 0.144 e. The molecule has 0 saturated heterocycles. The van der Waals surface area contributed by atoms with Crippen molar-refractivity contribution in [2.45, 2.75) is 39.0 Å². The fourth-order valence-electron chi connectivity index (χ4n) is 3.65. The molecule has 0 saturated carbocycles. The van der Waals surface area contributed by atoms with Crippen LogP contribution in [0.3, 0.4) is 0 Å². The van der Waals surface area contributed by atoms with Gasteiger partial charge in [0.25, 0.3) is 0 Å². The number of aryl methyl sites for hydroxylation is 2. The summed E-state index contributed by atoms with van der Waals surface area (Å²) in [6.45, 7) is 1.91. The maximum atomic E-state index is 15.2. The normalized spacial score (nSPS) is 11.0. The van der Waals surface area contributed by atoms with Crippen molar-refractivity contribution in [3.05, 3.63) is 87.5 Å². The van der Waals surface area contributed by atoms with Crippen LogP contribution in [-0.2, 0) is 19.3 Å². The first-order valence-electron chi connectivity index (χ1n) is 10.2. The van der Waals surface area contributed by atoms with Crippen molar-refractivity contribution >= 4 is 0 Å². The number of hydrogen-bond donors (Lipinski definition) is 1. The second-order valence-corrected chi connectivity index (χ2v) is 7.63. The molecule has 0 fully saturated rings. The number of phenolic OH excluding ortho intramolecular Hbond substituents is 1. The standard InChI is InChI=1S/C25H19F6NO/c1-2-3-4-13-9-20(29)23(21(30)10-13)24-22(33)11-19(28)15(25(24)31)6-5-14-7-17(26)16(12-32)18(27)8-14/h7-11,33H,2-6H2,1H3. The van der Waals surface area contributed by atoms with Crippen LogP contribution in [0, 0.1) is 46.2 Å². The molecule has 0 radical (unpaired) electrons. The lowest BCUT2D eigenvalue weighted by atomic mass is 9.94. The monoisotopic (exact) mass is 463 g/mol. The molecule has 3 rings (SSSR count). The van der Waals surface area contributed by atoms with E-state index in [0.717, 1.165) is 30.7 Å².